The van der Waals surface area contributed by atoms with E-state index >= 15 is 0 Å². The van der Waals surface area contributed by atoms with Gasteiger partial charge in [0, 0.05) is 37.1 Å². The number of carbonyl (C=O) groups excluding carboxylic acids is 1. The molecular weight excluding hydrogens is 344 g/mol. The van der Waals surface area contributed by atoms with Gasteiger partial charge in [0.2, 0.25) is 0 Å². The van der Waals surface area contributed by atoms with Crippen LogP contribution in [0.1, 0.15) is 63.1 Å². The zero-order chi connectivity index (χ0) is 19.2. The van der Waals surface area contributed by atoms with E-state index in [1.165, 1.54) is 43.0 Å². The van der Waals surface area contributed by atoms with Crippen LogP contribution in [0, 0.1) is 5.92 Å². The van der Waals surface area contributed by atoms with Crippen LogP contribution < -0.4 is 11.1 Å². The van der Waals surface area contributed by atoms with E-state index in [1.807, 2.05) is 0 Å². The van der Waals surface area contributed by atoms with Crippen LogP contribution in [-0.4, -0.2) is 42.7 Å². The Balaban J connectivity index is 1.64. The molecule has 8 heteroatoms. The minimum Gasteiger partial charge on any atom is -0.384 e. The minimum atomic E-state index is -0.687. The van der Waals surface area contributed by atoms with Crippen LogP contribution in [0.15, 0.2) is 24.9 Å². The number of aliphatic hydroxyl groups is 1. The van der Waals surface area contributed by atoms with Gasteiger partial charge in [0.25, 0.3) is 0 Å². The van der Waals surface area contributed by atoms with Gasteiger partial charge in [-0.15, -0.1) is 0 Å². The summed E-state index contributed by atoms with van der Waals surface area (Å²) in [7, 11) is 0. The molecule has 0 aromatic carbocycles. The van der Waals surface area contributed by atoms with Gasteiger partial charge >= 0.3 is 6.03 Å². The first-order chi connectivity index (χ1) is 13.0. The third kappa shape index (κ3) is 5.40. The Bertz CT molecular complexity index is 708. The SMILES string of the molecule is C[C@H](Cc1cn(C(N)=O)cn1)N[C@@H](CC1CCCCC1)[C@@H](O)c1ncc[nH]1. The Morgan fingerprint density at radius 2 is 2.19 bits per heavy atom. The molecule has 1 aliphatic carbocycles. The maximum absolute atomic E-state index is 11.2. The first-order valence-electron chi connectivity index (χ1n) is 9.79. The Morgan fingerprint density at radius 1 is 1.41 bits per heavy atom. The van der Waals surface area contributed by atoms with Crippen LogP contribution in [0.3, 0.4) is 0 Å². The van der Waals surface area contributed by atoms with Gasteiger partial charge in [-0.25, -0.2) is 14.8 Å². The lowest BCUT2D eigenvalue weighted by Crippen LogP contribution is -2.43. The van der Waals surface area contributed by atoms with E-state index < -0.39 is 12.1 Å². The van der Waals surface area contributed by atoms with Crippen LogP contribution in [0.2, 0.25) is 0 Å². The average molecular weight is 374 g/mol. The number of hydrogen-bond donors (Lipinski definition) is 4. The van der Waals surface area contributed by atoms with Crippen molar-refractivity contribution in [3.63, 3.8) is 0 Å². The van der Waals surface area contributed by atoms with E-state index in [2.05, 4.69) is 27.2 Å². The molecule has 1 aliphatic rings. The topological polar surface area (TPSA) is 122 Å². The number of nitrogens with zero attached hydrogens (tertiary/aromatic N) is 3. The normalized spacial score (nSPS) is 18.9. The average Bonchev–Trinajstić information content (AvgIpc) is 3.33. The molecule has 2 heterocycles. The number of imidazole rings is 2. The Labute approximate surface area is 159 Å². The number of amides is 1. The van der Waals surface area contributed by atoms with Gasteiger partial charge in [0.15, 0.2) is 0 Å². The van der Waals surface area contributed by atoms with Crippen molar-refractivity contribution in [2.24, 2.45) is 11.7 Å². The number of aliphatic hydroxyl groups excluding tert-OH is 1. The minimum absolute atomic E-state index is 0.0828. The molecule has 3 rings (SSSR count). The largest absolute Gasteiger partial charge is 0.384 e. The Hall–Kier alpha value is -2.19. The molecule has 3 atom stereocenters. The zero-order valence-corrected chi connectivity index (χ0v) is 15.8. The van der Waals surface area contributed by atoms with Crippen molar-refractivity contribution in [1.29, 1.82) is 0 Å². The molecule has 0 unspecified atom stereocenters. The molecule has 0 spiro atoms. The van der Waals surface area contributed by atoms with Gasteiger partial charge in [0.1, 0.15) is 18.3 Å². The summed E-state index contributed by atoms with van der Waals surface area (Å²) >= 11 is 0. The molecule has 148 valence electrons. The van der Waals surface area contributed by atoms with E-state index in [1.54, 1.807) is 18.6 Å². The van der Waals surface area contributed by atoms with Gasteiger partial charge in [-0.3, -0.25) is 4.57 Å². The van der Waals surface area contributed by atoms with Crippen LogP contribution in [0.25, 0.3) is 0 Å². The summed E-state index contributed by atoms with van der Waals surface area (Å²) in [5, 5.41) is 14.4. The van der Waals surface area contributed by atoms with Crippen molar-refractivity contribution in [3.05, 3.63) is 36.4 Å². The maximum atomic E-state index is 11.2. The molecule has 0 radical (unpaired) electrons. The van der Waals surface area contributed by atoms with Crippen LogP contribution in [0.5, 0.6) is 0 Å². The van der Waals surface area contributed by atoms with Gasteiger partial charge in [-0.05, 0) is 19.3 Å². The first-order valence-corrected chi connectivity index (χ1v) is 9.79. The summed E-state index contributed by atoms with van der Waals surface area (Å²) in [6.07, 6.45) is 13.7. The predicted octanol–water partition coefficient (Wildman–Crippen LogP) is 2.13. The summed E-state index contributed by atoms with van der Waals surface area (Å²) in [6.45, 7) is 2.06. The second-order valence-corrected chi connectivity index (χ2v) is 7.65. The molecule has 27 heavy (non-hydrogen) atoms. The fraction of sp³-hybridized carbons (Fsp3) is 0.632. The summed E-state index contributed by atoms with van der Waals surface area (Å²) in [5.74, 6) is 1.22. The van der Waals surface area contributed by atoms with Gasteiger partial charge < -0.3 is 21.1 Å². The van der Waals surface area contributed by atoms with E-state index in [-0.39, 0.29) is 12.1 Å². The number of H-pyrrole nitrogens is 1. The molecule has 2 aromatic heterocycles. The smallest absolute Gasteiger partial charge is 0.324 e. The second kappa shape index (κ2) is 9.14. The molecule has 1 saturated carbocycles. The summed E-state index contributed by atoms with van der Waals surface area (Å²) in [6, 6.07) is -0.551. The second-order valence-electron chi connectivity index (χ2n) is 7.65. The van der Waals surface area contributed by atoms with Crippen LogP contribution >= 0.6 is 0 Å². The van der Waals surface area contributed by atoms with Crippen LogP contribution in [-0.2, 0) is 6.42 Å². The summed E-state index contributed by atoms with van der Waals surface area (Å²) < 4.78 is 1.28. The molecule has 0 aliphatic heterocycles. The molecular formula is C19H30N6O2. The highest BCUT2D eigenvalue weighted by molar-refractivity contribution is 5.74. The summed E-state index contributed by atoms with van der Waals surface area (Å²) in [4.78, 5) is 22.7. The lowest BCUT2D eigenvalue weighted by molar-refractivity contribution is 0.0959. The fourth-order valence-corrected chi connectivity index (χ4v) is 4.03. The van der Waals surface area contributed by atoms with Gasteiger partial charge in [-0.2, -0.15) is 0 Å². The summed E-state index contributed by atoms with van der Waals surface area (Å²) in [5.41, 5.74) is 6.05. The number of aromatic amines is 1. The number of rotatable bonds is 8. The quantitative estimate of drug-likeness (QED) is 0.564. The molecule has 0 bridgehead atoms. The third-order valence-corrected chi connectivity index (χ3v) is 5.40. The van der Waals surface area contributed by atoms with E-state index in [9.17, 15) is 9.90 Å². The van der Waals surface area contributed by atoms with Gasteiger partial charge in [-0.1, -0.05) is 32.1 Å². The number of primary amides is 1. The standard InChI is InChI=1S/C19H30N6O2/c1-13(9-15-11-25(12-23-15)19(20)27)24-16(10-14-5-3-2-4-6-14)17(26)18-21-7-8-22-18/h7-8,11-14,16-17,24,26H,2-6,9-10H2,1H3,(H2,20,27)(H,21,22)/t13-,16+,17-/m1/s1. The molecule has 1 amide bonds. The number of aromatic nitrogens is 4. The van der Waals surface area contributed by atoms with Crippen molar-refractivity contribution in [2.45, 2.75) is 70.1 Å². The van der Waals surface area contributed by atoms with Crippen molar-refractivity contribution < 1.29 is 9.90 Å². The number of nitrogens with one attached hydrogen (secondary N) is 2. The fourth-order valence-electron chi connectivity index (χ4n) is 4.03. The highest BCUT2D eigenvalue weighted by atomic mass is 16.3. The van der Waals surface area contributed by atoms with E-state index in [0.717, 1.165) is 12.1 Å². The molecule has 2 aromatic rings. The van der Waals surface area contributed by atoms with Crippen molar-refractivity contribution in [1.82, 2.24) is 24.8 Å². The third-order valence-electron chi connectivity index (χ3n) is 5.40. The Morgan fingerprint density at radius 3 is 2.81 bits per heavy atom. The zero-order valence-electron chi connectivity index (χ0n) is 15.8. The number of nitrogens with two attached hydrogens (primary N) is 1. The molecule has 8 nitrogen and oxygen atoms in total. The number of carbonyl (C=O) groups is 1. The van der Waals surface area contributed by atoms with Crippen molar-refractivity contribution >= 4 is 6.03 Å². The first kappa shape index (κ1) is 19.6. The molecule has 1 fully saturated rings. The molecule has 5 N–H and O–H groups in total. The van der Waals surface area contributed by atoms with Gasteiger partial charge in [0.05, 0.1) is 5.69 Å². The Kier molecular flexibility index (Phi) is 6.63. The number of hydrogen-bond acceptors (Lipinski definition) is 5. The molecule has 0 saturated heterocycles. The van der Waals surface area contributed by atoms with Crippen molar-refractivity contribution in [3.8, 4) is 0 Å². The lowest BCUT2D eigenvalue weighted by Gasteiger charge is -2.31. The van der Waals surface area contributed by atoms with Crippen LogP contribution in [0.4, 0.5) is 4.79 Å². The monoisotopic (exact) mass is 374 g/mol. The van der Waals surface area contributed by atoms with Crippen molar-refractivity contribution in [2.75, 3.05) is 0 Å². The highest BCUT2D eigenvalue weighted by Gasteiger charge is 2.28. The lowest BCUT2D eigenvalue weighted by atomic mass is 9.83. The van der Waals surface area contributed by atoms with E-state index in [4.69, 9.17) is 5.73 Å². The highest BCUT2D eigenvalue weighted by Crippen LogP contribution is 2.30. The van der Waals surface area contributed by atoms with E-state index in [0.29, 0.717) is 18.2 Å². The maximum Gasteiger partial charge on any atom is 0.324 e. The predicted molar refractivity (Wildman–Crippen MR) is 102 cm³/mol.